The zero-order valence-corrected chi connectivity index (χ0v) is 10.8. The second-order valence-electron chi connectivity index (χ2n) is 4.08. The van der Waals surface area contributed by atoms with E-state index in [9.17, 15) is 9.59 Å². The molecule has 2 N–H and O–H groups in total. The number of rotatable bonds is 6. The number of nitrogens with one attached hydrogen (secondary N) is 1. The van der Waals surface area contributed by atoms with Crippen molar-refractivity contribution in [2.75, 3.05) is 13.2 Å². The molecule has 0 aliphatic carbocycles. The highest BCUT2D eigenvalue weighted by atomic mass is 32.1. The lowest BCUT2D eigenvalue weighted by molar-refractivity contribution is 0.0949. The summed E-state index contributed by atoms with van der Waals surface area (Å²) in [6.45, 7) is 4.11. The predicted octanol–water partition coefficient (Wildman–Crippen LogP) is 1.70. The van der Waals surface area contributed by atoms with Crippen LogP contribution >= 0.6 is 11.3 Å². The van der Waals surface area contributed by atoms with Gasteiger partial charge in [0.05, 0.1) is 4.88 Å². The highest BCUT2D eigenvalue weighted by Crippen LogP contribution is 2.15. The van der Waals surface area contributed by atoms with Crippen molar-refractivity contribution >= 4 is 23.0 Å². The van der Waals surface area contributed by atoms with Gasteiger partial charge in [0.1, 0.15) is 0 Å². The molecule has 1 atom stereocenters. The first kappa shape index (κ1) is 13.9. The summed E-state index contributed by atoms with van der Waals surface area (Å²) in [7, 11) is 0. The summed E-state index contributed by atoms with van der Waals surface area (Å²) in [5, 5.41) is 13.2. The van der Waals surface area contributed by atoms with Crippen molar-refractivity contribution in [1.82, 2.24) is 5.32 Å². The molecule has 0 fully saturated rings. The largest absolute Gasteiger partial charge is 0.396 e. The summed E-state index contributed by atoms with van der Waals surface area (Å²) in [5.41, 5.74) is 0.573. The van der Waals surface area contributed by atoms with Crippen LogP contribution in [0.5, 0.6) is 0 Å². The Balaban J connectivity index is 2.49. The minimum atomic E-state index is -0.160. The molecule has 5 heteroatoms. The standard InChI is InChI=1S/C12H17NO3S/c1-8(3-4-14)6-13-12(16)11-5-10(7-17-11)9(2)15/h5,7-8,14H,3-4,6H2,1-2H3,(H,13,16). The molecular weight excluding hydrogens is 238 g/mol. The molecule has 17 heavy (non-hydrogen) atoms. The summed E-state index contributed by atoms with van der Waals surface area (Å²) < 4.78 is 0. The second-order valence-corrected chi connectivity index (χ2v) is 4.99. The van der Waals surface area contributed by atoms with Gasteiger partial charge in [0.2, 0.25) is 0 Å². The maximum atomic E-state index is 11.7. The minimum absolute atomic E-state index is 0.0334. The molecule has 1 unspecified atom stereocenters. The highest BCUT2D eigenvalue weighted by Gasteiger charge is 2.11. The van der Waals surface area contributed by atoms with Crippen LogP contribution in [0.4, 0.5) is 0 Å². The topological polar surface area (TPSA) is 66.4 Å². The number of amides is 1. The van der Waals surface area contributed by atoms with Crippen LogP contribution < -0.4 is 5.32 Å². The Kier molecular flexibility index (Phi) is 5.31. The van der Waals surface area contributed by atoms with E-state index in [2.05, 4.69) is 5.32 Å². The van der Waals surface area contributed by atoms with Crippen LogP contribution in [0.15, 0.2) is 11.4 Å². The van der Waals surface area contributed by atoms with E-state index in [-0.39, 0.29) is 24.2 Å². The van der Waals surface area contributed by atoms with Crippen LogP contribution in [-0.2, 0) is 0 Å². The van der Waals surface area contributed by atoms with Gasteiger partial charge in [-0.05, 0) is 25.3 Å². The Bertz CT molecular complexity index is 400. The summed E-state index contributed by atoms with van der Waals surface area (Å²) in [6.07, 6.45) is 0.670. The van der Waals surface area contributed by atoms with Gasteiger partial charge in [0, 0.05) is 24.1 Å². The second kappa shape index (κ2) is 6.51. The number of Topliss-reactive ketones (excluding diaryl/α,β-unsaturated/α-hetero) is 1. The predicted molar refractivity (Wildman–Crippen MR) is 67.5 cm³/mol. The first-order valence-electron chi connectivity index (χ1n) is 5.53. The number of aliphatic hydroxyl groups is 1. The van der Waals surface area contributed by atoms with E-state index >= 15 is 0 Å². The van der Waals surface area contributed by atoms with Gasteiger partial charge in [-0.1, -0.05) is 6.92 Å². The number of ketones is 1. The fraction of sp³-hybridized carbons (Fsp3) is 0.500. The molecule has 0 saturated heterocycles. The number of aliphatic hydroxyl groups excluding tert-OH is 1. The van der Waals surface area contributed by atoms with E-state index in [4.69, 9.17) is 5.11 Å². The van der Waals surface area contributed by atoms with Gasteiger partial charge in [-0.3, -0.25) is 9.59 Å². The van der Waals surface area contributed by atoms with Crippen molar-refractivity contribution in [2.24, 2.45) is 5.92 Å². The Hall–Kier alpha value is -1.20. The van der Waals surface area contributed by atoms with Gasteiger partial charge in [-0.2, -0.15) is 0 Å². The Labute approximate surface area is 105 Å². The normalized spacial score (nSPS) is 12.2. The Morgan fingerprint density at radius 1 is 1.53 bits per heavy atom. The third-order valence-electron chi connectivity index (χ3n) is 2.46. The number of thiophene rings is 1. The summed E-state index contributed by atoms with van der Waals surface area (Å²) in [5.74, 6) is 0.0532. The van der Waals surface area contributed by atoms with Crippen LogP contribution in [0.25, 0.3) is 0 Å². The summed E-state index contributed by atoms with van der Waals surface area (Å²) >= 11 is 1.27. The van der Waals surface area contributed by atoms with Crippen LogP contribution in [0, 0.1) is 5.92 Å². The van der Waals surface area contributed by atoms with Gasteiger partial charge in [-0.25, -0.2) is 0 Å². The van der Waals surface area contributed by atoms with Crippen molar-refractivity contribution in [1.29, 1.82) is 0 Å². The molecule has 1 heterocycles. The Morgan fingerprint density at radius 3 is 2.76 bits per heavy atom. The van der Waals surface area contributed by atoms with E-state index in [1.807, 2.05) is 6.92 Å². The summed E-state index contributed by atoms with van der Waals surface area (Å²) in [6, 6.07) is 1.61. The lowest BCUT2D eigenvalue weighted by Gasteiger charge is -2.10. The van der Waals surface area contributed by atoms with Gasteiger partial charge in [0.25, 0.3) is 5.91 Å². The molecule has 0 aliphatic rings. The third-order valence-corrected chi connectivity index (χ3v) is 3.39. The molecule has 0 radical (unpaired) electrons. The monoisotopic (exact) mass is 255 g/mol. The zero-order chi connectivity index (χ0) is 12.8. The fourth-order valence-electron chi connectivity index (χ4n) is 1.32. The average molecular weight is 255 g/mol. The van der Waals surface area contributed by atoms with Crippen LogP contribution in [0.1, 0.15) is 40.3 Å². The van der Waals surface area contributed by atoms with Gasteiger partial charge < -0.3 is 10.4 Å². The lowest BCUT2D eigenvalue weighted by Crippen LogP contribution is -2.28. The lowest BCUT2D eigenvalue weighted by atomic mass is 10.1. The van der Waals surface area contributed by atoms with E-state index in [1.165, 1.54) is 18.3 Å². The van der Waals surface area contributed by atoms with Crippen molar-refractivity contribution in [3.8, 4) is 0 Å². The van der Waals surface area contributed by atoms with Crippen LogP contribution in [0.3, 0.4) is 0 Å². The maximum absolute atomic E-state index is 11.7. The van der Waals surface area contributed by atoms with Crippen molar-refractivity contribution < 1.29 is 14.7 Å². The highest BCUT2D eigenvalue weighted by molar-refractivity contribution is 7.12. The van der Waals surface area contributed by atoms with E-state index < -0.39 is 0 Å². The molecule has 94 valence electrons. The smallest absolute Gasteiger partial charge is 0.261 e. The number of carbonyl (C=O) groups excluding carboxylic acids is 2. The minimum Gasteiger partial charge on any atom is -0.396 e. The zero-order valence-electron chi connectivity index (χ0n) is 10.0. The first-order valence-corrected chi connectivity index (χ1v) is 6.41. The molecule has 1 amide bonds. The van der Waals surface area contributed by atoms with Crippen molar-refractivity contribution in [3.05, 3.63) is 21.9 Å². The van der Waals surface area contributed by atoms with Crippen molar-refractivity contribution in [2.45, 2.75) is 20.3 Å². The molecule has 1 aromatic heterocycles. The molecule has 4 nitrogen and oxygen atoms in total. The molecule has 0 aliphatic heterocycles. The molecule has 0 bridgehead atoms. The van der Waals surface area contributed by atoms with Gasteiger partial charge >= 0.3 is 0 Å². The van der Waals surface area contributed by atoms with Gasteiger partial charge in [0.15, 0.2) is 5.78 Å². The van der Waals surface area contributed by atoms with Crippen LogP contribution in [0.2, 0.25) is 0 Å². The molecule has 0 aromatic carbocycles. The van der Waals surface area contributed by atoms with E-state index in [0.717, 1.165) is 0 Å². The maximum Gasteiger partial charge on any atom is 0.261 e. The van der Waals surface area contributed by atoms with Crippen LogP contribution in [-0.4, -0.2) is 29.9 Å². The fourth-order valence-corrected chi connectivity index (χ4v) is 2.18. The Morgan fingerprint density at radius 2 is 2.24 bits per heavy atom. The van der Waals surface area contributed by atoms with Crippen molar-refractivity contribution in [3.63, 3.8) is 0 Å². The molecular formula is C12H17NO3S. The van der Waals surface area contributed by atoms with E-state index in [1.54, 1.807) is 11.4 Å². The number of hydrogen-bond donors (Lipinski definition) is 2. The quantitative estimate of drug-likeness (QED) is 0.760. The first-order chi connectivity index (χ1) is 8.04. The molecule has 0 spiro atoms. The third kappa shape index (κ3) is 4.28. The average Bonchev–Trinajstić information content (AvgIpc) is 2.75. The van der Waals surface area contributed by atoms with Gasteiger partial charge in [-0.15, -0.1) is 11.3 Å². The van der Waals surface area contributed by atoms with E-state index in [0.29, 0.717) is 23.4 Å². The molecule has 0 saturated carbocycles. The summed E-state index contributed by atoms with van der Waals surface area (Å²) in [4.78, 5) is 23.3. The molecule has 1 rings (SSSR count). The number of carbonyl (C=O) groups is 2. The SMILES string of the molecule is CC(=O)c1csc(C(=O)NCC(C)CCO)c1. The number of hydrogen-bond acceptors (Lipinski definition) is 4. The molecule has 1 aromatic rings.